The molecule has 0 saturated carbocycles. The molecule has 0 saturated heterocycles. The molecule has 8 nitrogen and oxygen atoms in total. The lowest BCUT2D eigenvalue weighted by molar-refractivity contribution is 0.0655. The quantitative estimate of drug-likeness (QED) is 0.367. The van der Waals surface area contributed by atoms with Crippen molar-refractivity contribution in [3.63, 3.8) is 0 Å². The van der Waals surface area contributed by atoms with E-state index in [2.05, 4.69) is 15.6 Å². The van der Waals surface area contributed by atoms with Gasteiger partial charge in [0.05, 0.1) is 22.4 Å². The van der Waals surface area contributed by atoms with Crippen LogP contribution in [-0.2, 0) is 6.42 Å². The van der Waals surface area contributed by atoms with Gasteiger partial charge in [-0.25, -0.2) is 4.98 Å². The van der Waals surface area contributed by atoms with Crippen molar-refractivity contribution in [1.82, 2.24) is 9.88 Å². The van der Waals surface area contributed by atoms with Gasteiger partial charge in [0.1, 0.15) is 0 Å². The topological polar surface area (TPSA) is 108 Å². The van der Waals surface area contributed by atoms with Gasteiger partial charge < -0.3 is 5.32 Å². The molecule has 1 aliphatic heterocycles. The number of hydrogen-bond donors (Lipinski definition) is 2. The van der Waals surface area contributed by atoms with Crippen molar-refractivity contribution in [3.8, 4) is 0 Å². The Morgan fingerprint density at radius 2 is 1.58 bits per heavy atom. The highest BCUT2D eigenvalue weighted by atomic mass is 32.1. The summed E-state index contributed by atoms with van der Waals surface area (Å²) < 4.78 is 0. The molecular formula is C27H20N4O4S. The molecule has 4 amide bonds. The minimum absolute atomic E-state index is 0.190. The van der Waals surface area contributed by atoms with Gasteiger partial charge in [0.15, 0.2) is 5.13 Å². The van der Waals surface area contributed by atoms with Gasteiger partial charge in [0.2, 0.25) is 0 Å². The smallest absolute Gasteiger partial charge is 0.261 e. The van der Waals surface area contributed by atoms with E-state index < -0.39 is 17.7 Å². The fourth-order valence-corrected chi connectivity index (χ4v) is 4.48. The molecule has 0 radical (unpaired) electrons. The molecule has 2 heterocycles. The van der Waals surface area contributed by atoms with Crippen molar-refractivity contribution in [2.75, 3.05) is 17.2 Å². The van der Waals surface area contributed by atoms with Crippen LogP contribution in [0.5, 0.6) is 0 Å². The Morgan fingerprint density at radius 1 is 0.833 bits per heavy atom. The van der Waals surface area contributed by atoms with Crippen molar-refractivity contribution in [2.45, 2.75) is 6.42 Å². The molecule has 4 aromatic rings. The van der Waals surface area contributed by atoms with Crippen molar-refractivity contribution < 1.29 is 19.2 Å². The predicted octanol–water partition coefficient (Wildman–Crippen LogP) is 4.49. The van der Waals surface area contributed by atoms with Crippen LogP contribution in [0.4, 0.5) is 10.8 Å². The second kappa shape index (κ2) is 9.93. The van der Waals surface area contributed by atoms with Gasteiger partial charge in [0, 0.05) is 23.7 Å². The summed E-state index contributed by atoms with van der Waals surface area (Å²) in [5, 5.41) is 7.62. The molecule has 1 aromatic heterocycles. The van der Waals surface area contributed by atoms with Gasteiger partial charge >= 0.3 is 0 Å². The summed E-state index contributed by atoms with van der Waals surface area (Å²) in [7, 11) is 0. The molecule has 0 unspecified atom stereocenters. The van der Waals surface area contributed by atoms with Gasteiger partial charge in [-0.15, -0.1) is 11.3 Å². The first-order valence-corrected chi connectivity index (χ1v) is 12.0. The number of benzene rings is 3. The second-order valence-electron chi connectivity index (χ2n) is 8.05. The number of carbonyl (C=O) groups is 4. The first kappa shape index (κ1) is 23.1. The number of carbonyl (C=O) groups excluding carboxylic acids is 4. The van der Waals surface area contributed by atoms with Crippen LogP contribution >= 0.6 is 11.3 Å². The van der Waals surface area contributed by atoms with E-state index in [1.54, 1.807) is 35.8 Å². The van der Waals surface area contributed by atoms with E-state index >= 15 is 0 Å². The van der Waals surface area contributed by atoms with Crippen LogP contribution in [0, 0.1) is 0 Å². The zero-order chi connectivity index (χ0) is 25.1. The molecule has 0 atom stereocenters. The summed E-state index contributed by atoms with van der Waals surface area (Å²) in [6.45, 7) is 0.249. The summed E-state index contributed by atoms with van der Waals surface area (Å²) in [5.74, 6) is -1.72. The largest absolute Gasteiger partial charge is 0.321 e. The Balaban J connectivity index is 1.32. The highest BCUT2D eigenvalue weighted by molar-refractivity contribution is 7.13. The van der Waals surface area contributed by atoms with Crippen LogP contribution in [0.2, 0.25) is 0 Å². The summed E-state index contributed by atoms with van der Waals surface area (Å²) >= 11 is 1.28. The molecule has 36 heavy (non-hydrogen) atoms. The number of imide groups is 1. The molecule has 3 aromatic carbocycles. The predicted molar refractivity (Wildman–Crippen MR) is 136 cm³/mol. The molecule has 0 bridgehead atoms. The maximum absolute atomic E-state index is 13.0. The van der Waals surface area contributed by atoms with Crippen LogP contribution in [0.25, 0.3) is 0 Å². The van der Waals surface area contributed by atoms with Crippen molar-refractivity contribution in [1.29, 1.82) is 0 Å². The maximum Gasteiger partial charge on any atom is 0.261 e. The summed E-state index contributed by atoms with van der Waals surface area (Å²) in [6, 6.07) is 20.6. The molecule has 0 fully saturated rings. The van der Waals surface area contributed by atoms with Crippen LogP contribution in [-0.4, -0.2) is 40.1 Å². The monoisotopic (exact) mass is 496 g/mol. The van der Waals surface area contributed by atoms with Crippen LogP contribution in [0.15, 0.2) is 84.4 Å². The zero-order valence-electron chi connectivity index (χ0n) is 18.9. The Morgan fingerprint density at radius 3 is 2.36 bits per heavy atom. The third-order valence-corrected chi connectivity index (χ3v) is 6.46. The van der Waals surface area contributed by atoms with Crippen LogP contribution < -0.4 is 10.6 Å². The molecule has 2 N–H and O–H groups in total. The third-order valence-electron chi connectivity index (χ3n) is 5.77. The van der Waals surface area contributed by atoms with Gasteiger partial charge in [-0.2, -0.15) is 0 Å². The first-order valence-electron chi connectivity index (χ1n) is 11.2. The third kappa shape index (κ3) is 4.64. The molecule has 178 valence electrons. The van der Waals surface area contributed by atoms with E-state index in [-0.39, 0.29) is 34.7 Å². The minimum atomic E-state index is -0.504. The Bertz CT molecular complexity index is 1470. The SMILES string of the molecule is O=C(Nc1ccccc1C(=O)Nc1nccs1)c1ccc2c(c1)C(=O)N(CCc1ccccc1)C2=O. The van der Waals surface area contributed by atoms with Gasteiger partial charge in [0.25, 0.3) is 23.6 Å². The summed E-state index contributed by atoms with van der Waals surface area (Å²) in [6.07, 6.45) is 2.12. The molecule has 0 spiro atoms. The average Bonchev–Trinajstić information content (AvgIpc) is 3.49. The fourth-order valence-electron chi connectivity index (χ4n) is 3.95. The van der Waals surface area contributed by atoms with Crippen molar-refractivity contribution >= 4 is 45.8 Å². The van der Waals surface area contributed by atoms with Crippen molar-refractivity contribution in [3.05, 3.63) is 112 Å². The summed E-state index contributed by atoms with van der Waals surface area (Å²) in [4.78, 5) is 56.7. The minimum Gasteiger partial charge on any atom is -0.321 e. The molecule has 5 rings (SSSR count). The number of anilines is 2. The lowest BCUT2D eigenvalue weighted by atomic mass is 10.0. The second-order valence-corrected chi connectivity index (χ2v) is 8.94. The number of amides is 4. The van der Waals surface area contributed by atoms with Crippen LogP contribution in [0.1, 0.15) is 47.0 Å². The van der Waals surface area contributed by atoms with Gasteiger partial charge in [-0.3, -0.25) is 29.4 Å². The Kier molecular flexibility index (Phi) is 6.38. The number of aromatic nitrogens is 1. The number of nitrogens with zero attached hydrogens (tertiary/aromatic N) is 2. The van der Waals surface area contributed by atoms with Crippen LogP contribution in [0.3, 0.4) is 0 Å². The zero-order valence-corrected chi connectivity index (χ0v) is 19.7. The average molecular weight is 497 g/mol. The molecule has 9 heteroatoms. The lowest BCUT2D eigenvalue weighted by Gasteiger charge is -2.13. The van der Waals surface area contributed by atoms with Crippen molar-refractivity contribution in [2.24, 2.45) is 0 Å². The maximum atomic E-state index is 13.0. The number of para-hydroxylation sites is 1. The van der Waals surface area contributed by atoms with E-state index in [1.165, 1.54) is 34.4 Å². The van der Waals surface area contributed by atoms with Gasteiger partial charge in [-0.1, -0.05) is 42.5 Å². The molecular weight excluding hydrogens is 476 g/mol. The number of nitrogens with one attached hydrogen (secondary N) is 2. The highest BCUT2D eigenvalue weighted by Gasteiger charge is 2.35. The Labute approximate surface area is 210 Å². The molecule has 0 aliphatic carbocycles. The Hall–Kier alpha value is -4.63. The number of thiazole rings is 1. The van der Waals surface area contributed by atoms with E-state index in [1.807, 2.05) is 30.3 Å². The number of fused-ring (bicyclic) bond motifs is 1. The van der Waals surface area contributed by atoms with E-state index in [4.69, 9.17) is 0 Å². The highest BCUT2D eigenvalue weighted by Crippen LogP contribution is 2.25. The fraction of sp³-hybridized carbons (Fsp3) is 0.0741. The summed E-state index contributed by atoms with van der Waals surface area (Å²) in [5.41, 5.74) is 2.26. The van der Waals surface area contributed by atoms with E-state index in [0.29, 0.717) is 17.2 Å². The normalized spacial score (nSPS) is 12.4. The van der Waals surface area contributed by atoms with Gasteiger partial charge in [-0.05, 0) is 42.3 Å². The molecule has 1 aliphatic rings. The number of rotatable bonds is 7. The lowest BCUT2D eigenvalue weighted by Crippen LogP contribution is -2.31. The number of hydrogen-bond acceptors (Lipinski definition) is 6. The standard InChI is InChI=1S/C27H20N4O4S/c32-23(29-22-9-5-4-8-20(22)24(33)30-27-28-13-15-36-27)18-10-11-19-21(16-18)26(35)31(25(19)34)14-12-17-6-2-1-3-7-17/h1-11,13,15-16H,12,14H2,(H,29,32)(H,28,30,33). The van der Waals surface area contributed by atoms with E-state index in [9.17, 15) is 19.2 Å². The van der Waals surface area contributed by atoms with E-state index in [0.717, 1.165) is 5.56 Å². The first-order chi connectivity index (χ1) is 17.5.